The van der Waals surface area contributed by atoms with Crippen molar-refractivity contribution in [3.05, 3.63) is 35.9 Å². The summed E-state index contributed by atoms with van der Waals surface area (Å²) in [5, 5.41) is 0. The SMILES string of the molecule is CCOC1(OCC)CCC(COCc2ccccc2)CC1. The second-order valence-electron chi connectivity index (χ2n) is 5.72. The van der Waals surface area contributed by atoms with E-state index in [1.54, 1.807) is 0 Å². The summed E-state index contributed by atoms with van der Waals surface area (Å²) in [7, 11) is 0. The zero-order chi connectivity index (χ0) is 15.0. The molecular formula is C18H28O3. The highest BCUT2D eigenvalue weighted by atomic mass is 16.7. The van der Waals surface area contributed by atoms with Crippen LogP contribution in [-0.2, 0) is 20.8 Å². The topological polar surface area (TPSA) is 27.7 Å². The van der Waals surface area contributed by atoms with E-state index in [4.69, 9.17) is 14.2 Å². The Bertz CT molecular complexity index is 375. The van der Waals surface area contributed by atoms with Gasteiger partial charge in [-0.3, -0.25) is 0 Å². The van der Waals surface area contributed by atoms with Gasteiger partial charge in [-0.2, -0.15) is 0 Å². The highest BCUT2D eigenvalue weighted by Gasteiger charge is 2.36. The largest absolute Gasteiger partial charge is 0.376 e. The van der Waals surface area contributed by atoms with E-state index in [0.29, 0.717) is 12.5 Å². The van der Waals surface area contributed by atoms with E-state index < -0.39 is 0 Å². The van der Waals surface area contributed by atoms with E-state index in [0.717, 1.165) is 45.5 Å². The number of ether oxygens (including phenoxy) is 3. The van der Waals surface area contributed by atoms with Crippen molar-refractivity contribution in [1.82, 2.24) is 0 Å². The first kappa shape index (κ1) is 16.5. The second kappa shape index (κ2) is 8.52. The van der Waals surface area contributed by atoms with E-state index >= 15 is 0 Å². The molecule has 0 atom stereocenters. The lowest BCUT2D eigenvalue weighted by Gasteiger charge is -2.39. The monoisotopic (exact) mass is 292 g/mol. The zero-order valence-electron chi connectivity index (χ0n) is 13.3. The lowest BCUT2D eigenvalue weighted by Crippen LogP contribution is -2.40. The van der Waals surface area contributed by atoms with Gasteiger partial charge in [-0.15, -0.1) is 0 Å². The van der Waals surface area contributed by atoms with Crippen molar-refractivity contribution < 1.29 is 14.2 Å². The van der Waals surface area contributed by atoms with Crippen molar-refractivity contribution in [3.63, 3.8) is 0 Å². The molecule has 21 heavy (non-hydrogen) atoms. The molecule has 118 valence electrons. The minimum absolute atomic E-state index is 0.334. The van der Waals surface area contributed by atoms with Gasteiger partial charge in [0.05, 0.1) is 6.61 Å². The number of hydrogen-bond acceptors (Lipinski definition) is 3. The summed E-state index contributed by atoms with van der Waals surface area (Å²) < 4.78 is 17.6. The van der Waals surface area contributed by atoms with Crippen molar-refractivity contribution in [2.75, 3.05) is 19.8 Å². The second-order valence-corrected chi connectivity index (χ2v) is 5.72. The van der Waals surface area contributed by atoms with Crippen LogP contribution in [0.25, 0.3) is 0 Å². The Morgan fingerprint density at radius 3 is 2.19 bits per heavy atom. The Kier molecular flexibility index (Phi) is 6.68. The lowest BCUT2D eigenvalue weighted by molar-refractivity contribution is -0.253. The van der Waals surface area contributed by atoms with E-state index in [1.807, 2.05) is 19.9 Å². The number of benzene rings is 1. The van der Waals surface area contributed by atoms with Gasteiger partial charge in [0.1, 0.15) is 0 Å². The number of rotatable bonds is 8. The van der Waals surface area contributed by atoms with Crippen molar-refractivity contribution in [2.24, 2.45) is 5.92 Å². The fourth-order valence-corrected chi connectivity index (χ4v) is 3.06. The zero-order valence-corrected chi connectivity index (χ0v) is 13.3. The van der Waals surface area contributed by atoms with Crippen molar-refractivity contribution in [1.29, 1.82) is 0 Å². The third-order valence-electron chi connectivity index (χ3n) is 4.15. The van der Waals surface area contributed by atoms with Crippen LogP contribution >= 0.6 is 0 Å². The molecule has 1 aromatic rings. The van der Waals surface area contributed by atoms with Gasteiger partial charge in [0, 0.05) is 32.7 Å². The first-order valence-corrected chi connectivity index (χ1v) is 8.17. The van der Waals surface area contributed by atoms with Gasteiger partial charge in [-0.25, -0.2) is 0 Å². The summed E-state index contributed by atoms with van der Waals surface area (Å²) in [6, 6.07) is 10.4. The molecule has 0 amide bonds. The van der Waals surface area contributed by atoms with Crippen LogP contribution in [-0.4, -0.2) is 25.6 Å². The summed E-state index contributed by atoms with van der Waals surface area (Å²) in [6.07, 6.45) is 4.20. The molecule has 0 unspecified atom stereocenters. The number of hydrogen-bond donors (Lipinski definition) is 0. The standard InChI is InChI=1S/C18H28O3/c1-3-20-18(21-4-2)12-10-17(11-13-18)15-19-14-16-8-6-5-7-9-16/h5-9,17H,3-4,10-15H2,1-2H3. The third kappa shape index (κ3) is 5.10. The molecule has 1 aliphatic rings. The van der Waals surface area contributed by atoms with Crippen LogP contribution in [0.15, 0.2) is 30.3 Å². The van der Waals surface area contributed by atoms with Gasteiger partial charge in [-0.1, -0.05) is 30.3 Å². The molecule has 0 radical (unpaired) electrons. The Morgan fingerprint density at radius 1 is 1.00 bits per heavy atom. The van der Waals surface area contributed by atoms with Crippen LogP contribution in [0.2, 0.25) is 0 Å². The first-order valence-electron chi connectivity index (χ1n) is 8.17. The molecule has 0 heterocycles. The molecular weight excluding hydrogens is 264 g/mol. The molecule has 1 aromatic carbocycles. The van der Waals surface area contributed by atoms with Crippen molar-refractivity contribution >= 4 is 0 Å². The van der Waals surface area contributed by atoms with Crippen LogP contribution in [0.4, 0.5) is 0 Å². The van der Waals surface area contributed by atoms with Gasteiger partial charge in [0.25, 0.3) is 0 Å². The lowest BCUT2D eigenvalue weighted by atomic mass is 9.85. The van der Waals surface area contributed by atoms with Gasteiger partial charge >= 0.3 is 0 Å². The van der Waals surface area contributed by atoms with Gasteiger partial charge in [0.15, 0.2) is 5.79 Å². The maximum absolute atomic E-state index is 5.87. The van der Waals surface area contributed by atoms with Crippen molar-refractivity contribution in [2.45, 2.75) is 51.9 Å². The summed E-state index contributed by atoms with van der Waals surface area (Å²) in [6.45, 7) is 7.05. The van der Waals surface area contributed by atoms with E-state index in [1.165, 1.54) is 5.56 Å². The Balaban J connectivity index is 1.71. The molecule has 2 rings (SSSR count). The van der Waals surface area contributed by atoms with Crippen molar-refractivity contribution in [3.8, 4) is 0 Å². The molecule has 1 aliphatic carbocycles. The van der Waals surface area contributed by atoms with Gasteiger partial charge in [0.2, 0.25) is 0 Å². The minimum atomic E-state index is -0.334. The summed E-state index contributed by atoms with van der Waals surface area (Å²) in [5.41, 5.74) is 1.24. The smallest absolute Gasteiger partial charge is 0.168 e. The predicted octanol–water partition coefficient (Wildman–Crippen LogP) is 4.16. The molecule has 1 saturated carbocycles. The van der Waals surface area contributed by atoms with Crippen LogP contribution in [0.1, 0.15) is 45.1 Å². The van der Waals surface area contributed by atoms with Crippen LogP contribution < -0.4 is 0 Å². The quantitative estimate of drug-likeness (QED) is 0.673. The molecule has 0 saturated heterocycles. The Hall–Kier alpha value is -0.900. The van der Waals surface area contributed by atoms with Crippen LogP contribution in [0, 0.1) is 5.92 Å². The first-order chi connectivity index (χ1) is 10.3. The highest BCUT2D eigenvalue weighted by Crippen LogP contribution is 2.36. The molecule has 0 aliphatic heterocycles. The maximum atomic E-state index is 5.87. The molecule has 3 nitrogen and oxygen atoms in total. The van der Waals surface area contributed by atoms with Gasteiger partial charge < -0.3 is 14.2 Å². The highest BCUT2D eigenvalue weighted by molar-refractivity contribution is 5.13. The summed E-state index contributed by atoms with van der Waals surface area (Å²) in [5.74, 6) is 0.294. The normalized spacial score (nSPS) is 18.8. The Labute approximate surface area is 128 Å². The fourth-order valence-electron chi connectivity index (χ4n) is 3.06. The van der Waals surface area contributed by atoms with E-state index in [-0.39, 0.29) is 5.79 Å². The van der Waals surface area contributed by atoms with E-state index in [2.05, 4.69) is 24.3 Å². The minimum Gasteiger partial charge on any atom is -0.376 e. The molecule has 3 heteroatoms. The summed E-state index contributed by atoms with van der Waals surface area (Å²) in [4.78, 5) is 0. The summed E-state index contributed by atoms with van der Waals surface area (Å²) >= 11 is 0. The predicted molar refractivity (Wildman–Crippen MR) is 84.0 cm³/mol. The van der Waals surface area contributed by atoms with Gasteiger partial charge in [-0.05, 0) is 38.2 Å². The Morgan fingerprint density at radius 2 is 1.62 bits per heavy atom. The van der Waals surface area contributed by atoms with E-state index in [9.17, 15) is 0 Å². The maximum Gasteiger partial charge on any atom is 0.168 e. The van der Waals surface area contributed by atoms with Crippen LogP contribution in [0.3, 0.4) is 0 Å². The van der Waals surface area contributed by atoms with Crippen LogP contribution in [0.5, 0.6) is 0 Å². The molecule has 0 bridgehead atoms. The fraction of sp³-hybridized carbons (Fsp3) is 0.667. The third-order valence-corrected chi connectivity index (χ3v) is 4.15. The molecule has 0 aromatic heterocycles. The molecule has 1 fully saturated rings. The average molecular weight is 292 g/mol. The average Bonchev–Trinajstić information content (AvgIpc) is 2.51. The molecule has 0 spiro atoms. The molecule has 0 N–H and O–H groups in total.